The van der Waals surface area contributed by atoms with Gasteiger partial charge in [0.05, 0.1) is 11.6 Å². The minimum absolute atomic E-state index is 0.0688. The van der Waals surface area contributed by atoms with Crippen molar-refractivity contribution in [1.29, 1.82) is 0 Å². The second-order valence-corrected chi connectivity index (χ2v) is 6.75. The number of para-hydroxylation sites is 2. The summed E-state index contributed by atoms with van der Waals surface area (Å²) >= 11 is 12.0. The lowest BCUT2D eigenvalue weighted by Crippen LogP contribution is -2.38. The fraction of sp³-hybridized carbons (Fsp3) is 0.136. The highest BCUT2D eigenvalue weighted by atomic mass is 35.5. The fourth-order valence-corrected chi connectivity index (χ4v) is 3.05. The zero-order valence-corrected chi connectivity index (χ0v) is 16.6. The van der Waals surface area contributed by atoms with Gasteiger partial charge in [-0.1, -0.05) is 59.6 Å². The third kappa shape index (κ3) is 5.65. The molecule has 0 saturated carbocycles. The van der Waals surface area contributed by atoms with E-state index < -0.39 is 0 Å². The van der Waals surface area contributed by atoms with Crippen LogP contribution in [0.5, 0.6) is 11.5 Å². The molecule has 0 spiro atoms. The first kappa shape index (κ1) is 20.1. The average Bonchev–Trinajstić information content (AvgIpc) is 2.72. The van der Waals surface area contributed by atoms with Crippen LogP contribution in [0.1, 0.15) is 0 Å². The third-order valence-corrected chi connectivity index (χ3v) is 4.47. The van der Waals surface area contributed by atoms with E-state index >= 15 is 0 Å². The van der Waals surface area contributed by atoms with Gasteiger partial charge >= 0.3 is 0 Å². The SMILES string of the molecule is O=C(COc1ccccc1)N(CCOc1ccc(Cl)cc1Cl)c1ccccc1. The molecule has 0 radical (unpaired) electrons. The summed E-state index contributed by atoms with van der Waals surface area (Å²) in [5.41, 5.74) is 0.773. The van der Waals surface area contributed by atoms with Gasteiger partial charge in [0.1, 0.15) is 18.1 Å². The van der Waals surface area contributed by atoms with Crippen LogP contribution in [0.2, 0.25) is 10.0 Å². The molecule has 1 amide bonds. The van der Waals surface area contributed by atoms with Gasteiger partial charge in [0.25, 0.3) is 5.91 Å². The van der Waals surface area contributed by atoms with Crippen LogP contribution >= 0.6 is 23.2 Å². The molecule has 0 N–H and O–H groups in total. The van der Waals surface area contributed by atoms with Crippen molar-refractivity contribution in [3.05, 3.63) is 88.9 Å². The van der Waals surface area contributed by atoms with Crippen molar-refractivity contribution in [2.45, 2.75) is 0 Å². The molecule has 0 aromatic heterocycles. The molecule has 28 heavy (non-hydrogen) atoms. The zero-order valence-electron chi connectivity index (χ0n) is 15.1. The van der Waals surface area contributed by atoms with E-state index in [2.05, 4.69) is 0 Å². The molecule has 0 aliphatic heterocycles. The summed E-state index contributed by atoms with van der Waals surface area (Å²) in [6.07, 6.45) is 0. The molecule has 0 fully saturated rings. The van der Waals surface area contributed by atoms with Crippen molar-refractivity contribution in [3.63, 3.8) is 0 Å². The van der Waals surface area contributed by atoms with Crippen LogP contribution in [-0.2, 0) is 4.79 Å². The Bertz CT molecular complexity index is 904. The number of nitrogens with zero attached hydrogens (tertiary/aromatic N) is 1. The average molecular weight is 416 g/mol. The summed E-state index contributed by atoms with van der Waals surface area (Å²) in [6, 6.07) is 23.7. The lowest BCUT2D eigenvalue weighted by atomic mass is 10.3. The molecule has 0 aliphatic rings. The van der Waals surface area contributed by atoms with Crippen LogP contribution in [0.15, 0.2) is 78.9 Å². The lowest BCUT2D eigenvalue weighted by molar-refractivity contribution is -0.120. The van der Waals surface area contributed by atoms with E-state index in [-0.39, 0.29) is 19.1 Å². The van der Waals surface area contributed by atoms with Gasteiger partial charge in [-0.3, -0.25) is 4.79 Å². The Balaban J connectivity index is 1.64. The summed E-state index contributed by atoms with van der Waals surface area (Å²) < 4.78 is 11.3. The number of carbonyl (C=O) groups excluding carboxylic acids is 1. The van der Waals surface area contributed by atoms with Gasteiger partial charge in [-0.25, -0.2) is 0 Å². The number of rotatable bonds is 8. The van der Waals surface area contributed by atoms with Crippen LogP contribution in [-0.4, -0.2) is 25.7 Å². The topological polar surface area (TPSA) is 38.8 Å². The van der Waals surface area contributed by atoms with E-state index in [0.717, 1.165) is 5.69 Å². The minimum Gasteiger partial charge on any atom is -0.490 e. The molecule has 0 aliphatic carbocycles. The van der Waals surface area contributed by atoms with Crippen LogP contribution in [0.4, 0.5) is 5.69 Å². The number of benzene rings is 3. The quantitative estimate of drug-likeness (QED) is 0.488. The Morgan fingerprint density at radius 1 is 0.857 bits per heavy atom. The van der Waals surface area contributed by atoms with Crippen LogP contribution in [0.3, 0.4) is 0 Å². The molecule has 4 nitrogen and oxygen atoms in total. The maximum Gasteiger partial charge on any atom is 0.265 e. The Hall–Kier alpha value is -2.69. The van der Waals surface area contributed by atoms with E-state index in [4.69, 9.17) is 32.7 Å². The van der Waals surface area contributed by atoms with E-state index in [1.165, 1.54) is 0 Å². The van der Waals surface area contributed by atoms with E-state index in [0.29, 0.717) is 28.1 Å². The van der Waals surface area contributed by atoms with Crippen molar-refractivity contribution < 1.29 is 14.3 Å². The maximum absolute atomic E-state index is 12.8. The molecular formula is C22H19Cl2NO3. The molecule has 3 rings (SSSR count). The summed E-state index contributed by atoms with van der Waals surface area (Å²) in [6.45, 7) is 0.549. The number of carbonyl (C=O) groups is 1. The third-order valence-electron chi connectivity index (χ3n) is 3.94. The van der Waals surface area contributed by atoms with Crippen LogP contribution < -0.4 is 14.4 Å². The van der Waals surface area contributed by atoms with E-state index in [1.54, 1.807) is 23.1 Å². The molecule has 3 aromatic carbocycles. The molecule has 0 atom stereocenters. The summed E-state index contributed by atoms with van der Waals surface area (Å²) in [4.78, 5) is 14.4. The normalized spacial score (nSPS) is 10.4. The minimum atomic E-state index is -0.166. The standard InChI is InChI=1S/C22H19Cl2NO3/c23-17-11-12-21(20(24)15-17)27-14-13-25(18-7-3-1-4-8-18)22(26)16-28-19-9-5-2-6-10-19/h1-12,15H,13-14,16H2. The number of anilines is 1. The Morgan fingerprint density at radius 2 is 1.54 bits per heavy atom. The number of hydrogen-bond acceptors (Lipinski definition) is 3. The van der Waals surface area contributed by atoms with Gasteiger partial charge in [0.15, 0.2) is 6.61 Å². The molecule has 3 aromatic rings. The van der Waals surface area contributed by atoms with Gasteiger partial charge in [0.2, 0.25) is 0 Å². The van der Waals surface area contributed by atoms with Crippen molar-refractivity contribution in [2.24, 2.45) is 0 Å². The van der Waals surface area contributed by atoms with Crippen molar-refractivity contribution in [1.82, 2.24) is 0 Å². The maximum atomic E-state index is 12.8. The van der Waals surface area contributed by atoms with Gasteiger partial charge in [0, 0.05) is 10.7 Å². The second-order valence-electron chi connectivity index (χ2n) is 5.91. The largest absolute Gasteiger partial charge is 0.490 e. The lowest BCUT2D eigenvalue weighted by Gasteiger charge is -2.23. The highest BCUT2D eigenvalue weighted by Gasteiger charge is 2.17. The van der Waals surface area contributed by atoms with Gasteiger partial charge < -0.3 is 14.4 Å². The Morgan fingerprint density at radius 3 is 2.21 bits per heavy atom. The van der Waals surface area contributed by atoms with Gasteiger partial charge in [-0.2, -0.15) is 0 Å². The van der Waals surface area contributed by atoms with E-state index in [9.17, 15) is 4.79 Å². The number of halogens is 2. The first-order chi connectivity index (χ1) is 13.6. The van der Waals surface area contributed by atoms with Crippen molar-refractivity contribution >= 4 is 34.8 Å². The predicted molar refractivity (Wildman–Crippen MR) is 113 cm³/mol. The van der Waals surface area contributed by atoms with E-state index in [1.807, 2.05) is 60.7 Å². The summed E-state index contributed by atoms with van der Waals surface area (Å²) in [5.74, 6) is 1.00. The smallest absolute Gasteiger partial charge is 0.265 e. The Labute approximate surface area is 174 Å². The van der Waals surface area contributed by atoms with Gasteiger partial charge in [-0.05, 0) is 42.5 Å². The predicted octanol–water partition coefficient (Wildman–Crippen LogP) is 5.48. The zero-order chi connectivity index (χ0) is 19.8. The number of ether oxygens (including phenoxy) is 2. The van der Waals surface area contributed by atoms with Crippen molar-refractivity contribution in [2.75, 3.05) is 24.7 Å². The van der Waals surface area contributed by atoms with Crippen molar-refractivity contribution in [3.8, 4) is 11.5 Å². The van der Waals surface area contributed by atoms with Gasteiger partial charge in [-0.15, -0.1) is 0 Å². The van der Waals surface area contributed by atoms with Crippen LogP contribution in [0, 0.1) is 0 Å². The molecule has 0 saturated heterocycles. The first-order valence-electron chi connectivity index (χ1n) is 8.74. The summed E-state index contributed by atoms with van der Waals surface area (Å²) in [5, 5.41) is 0.967. The molecule has 144 valence electrons. The monoisotopic (exact) mass is 415 g/mol. The van der Waals surface area contributed by atoms with Crippen LogP contribution in [0.25, 0.3) is 0 Å². The number of hydrogen-bond donors (Lipinski definition) is 0. The fourth-order valence-electron chi connectivity index (χ4n) is 2.58. The number of amides is 1. The second kappa shape index (κ2) is 10.0. The Kier molecular flexibility index (Phi) is 7.18. The molecule has 0 heterocycles. The highest BCUT2D eigenvalue weighted by molar-refractivity contribution is 6.35. The highest BCUT2D eigenvalue weighted by Crippen LogP contribution is 2.27. The molecule has 0 bridgehead atoms. The molecular weight excluding hydrogens is 397 g/mol. The summed E-state index contributed by atoms with van der Waals surface area (Å²) in [7, 11) is 0. The first-order valence-corrected chi connectivity index (χ1v) is 9.50. The molecule has 0 unspecified atom stereocenters. The molecule has 6 heteroatoms.